The molecule has 0 aromatic carbocycles. The van der Waals surface area contributed by atoms with Crippen molar-refractivity contribution in [1.29, 1.82) is 0 Å². The number of carbonyl (C=O) groups is 2. The number of carbonyl (C=O) groups excluding carboxylic acids is 2. The highest BCUT2D eigenvalue weighted by Crippen LogP contribution is 2.25. The summed E-state index contributed by atoms with van der Waals surface area (Å²) in [5.41, 5.74) is 0. The van der Waals surface area contributed by atoms with Crippen LogP contribution in [0.2, 0.25) is 0 Å². The van der Waals surface area contributed by atoms with E-state index in [1.807, 2.05) is 32.1 Å². The molecule has 6 nitrogen and oxygen atoms in total. The quantitative estimate of drug-likeness (QED) is 0.431. The molecule has 132 valence electrons. The third-order valence-electron chi connectivity index (χ3n) is 4.07. The van der Waals surface area contributed by atoms with Crippen LogP contribution < -0.4 is 0 Å². The van der Waals surface area contributed by atoms with Gasteiger partial charge in [-0.15, -0.1) is 0 Å². The summed E-state index contributed by atoms with van der Waals surface area (Å²) in [7, 11) is 1.98. The van der Waals surface area contributed by atoms with Crippen LogP contribution in [0.25, 0.3) is 0 Å². The first kappa shape index (κ1) is 19.5. The Labute approximate surface area is 139 Å². The van der Waals surface area contributed by atoms with Gasteiger partial charge in [0.2, 0.25) is 0 Å². The normalized spacial score (nSPS) is 19.9. The smallest absolute Gasteiger partial charge is 0.305 e. The van der Waals surface area contributed by atoms with E-state index in [1.54, 1.807) is 0 Å². The SMILES string of the molecule is CCOC(=O)CCCC[C@H]1[C@@H](CCCC(=O)OCC)C=NN1C. The van der Waals surface area contributed by atoms with E-state index in [2.05, 4.69) is 5.10 Å². The minimum Gasteiger partial charge on any atom is -0.466 e. The first-order chi connectivity index (χ1) is 11.1. The van der Waals surface area contributed by atoms with Crippen molar-refractivity contribution in [2.24, 2.45) is 11.0 Å². The van der Waals surface area contributed by atoms with Crippen molar-refractivity contribution >= 4 is 18.2 Å². The summed E-state index contributed by atoms with van der Waals surface area (Å²) in [6, 6.07) is 0.361. The molecule has 0 amide bonds. The monoisotopic (exact) mass is 326 g/mol. The lowest BCUT2D eigenvalue weighted by Gasteiger charge is -2.24. The molecule has 0 radical (unpaired) electrons. The molecule has 0 N–H and O–H groups in total. The first-order valence-electron chi connectivity index (χ1n) is 8.66. The van der Waals surface area contributed by atoms with Crippen molar-refractivity contribution < 1.29 is 19.1 Å². The third-order valence-corrected chi connectivity index (χ3v) is 4.07. The summed E-state index contributed by atoms with van der Waals surface area (Å²) in [6.07, 6.45) is 7.53. The average molecular weight is 326 g/mol. The van der Waals surface area contributed by atoms with Gasteiger partial charge in [0.25, 0.3) is 0 Å². The molecule has 1 aliphatic rings. The number of ether oxygens (including phenoxy) is 2. The number of nitrogens with zero attached hydrogens (tertiary/aromatic N) is 2. The zero-order valence-corrected chi connectivity index (χ0v) is 14.6. The molecule has 0 aliphatic carbocycles. The highest BCUT2D eigenvalue weighted by molar-refractivity contribution is 5.69. The van der Waals surface area contributed by atoms with E-state index in [4.69, 9.17) is 9.47 Å². The van der Waals surface area contributed by atoms with E-state index in [0.29, 0.717) is 38.0 Å². The van der Waals surface area contributed by atoms with Crippen molar-refractivity contribution in [3.63, 3.8) is 0 Å². The summed E-state index contributed by atoms with van der Waals surface area (Å²) in [6.45, 7) is 4.53. The lowest BCUT2D eigenvalue weighted by Crippen LogP contribution is -2.29. The number of esters is 2. The Balaban J connectivity index is 2.24. The molecule has 1 aliphatic heterocycles. The Morgan fingerprint density at radius 1 is 1.00 bits per heavy atom. The first-order valence-corrected chi connectivity index (χ1v) is 8.66. The second-order valence-electron chi connectivity index (χ2n) is 5.82. The van der Waals surface area contributed by atoms with Gasteiger partial charge in [-0.2, -0.15) is 5.10 Å². The maximum Gasteiger partial charge on any atom is 0.305 e. The van der Waals surface area contributed by atoms with Crippen LogP contribution in [0, 0.1) is 5.92 Å². The fourth-order valence-corrected chi connectivity index (χ4v) is 2.89. The molecular weight excluding hydrogens is 296 g/mol. The fraction of sp³-hybridized carbons (Fsp3) is 0.824. The van der Waals surface area contributed by atoms with Crippen molar-refractivity contribution in [3.8, 4) is 0 Å². The van der Waals surface area contributed by atoms with Gasteiger partial charge >= 0.3 is 11.9 Å². The lowest BCUT2D eigenvalue weighted by molar-refractivity contribution is -0.144. The van der Waals surface area contributed by atoms with Gasteiger partial charge < -0.3 is 9.47 Å². The molecule has 0 unspecified atom stereocenters. The Morgan fingerprint density at radius 2 is 1.61 bits per heavy atom. The van der Waals surface area contributed by atoms with Gasteiger partial charge in [-0.05, 0) is 39.5 Å². The molecule has 0 aromatic heterocycles. The molecule has 0 saturated carbocycles. The van der Waals surface area contributed by atoms with E-state index in [9.17, 15) is 9.59 Å². The van der Waals surface area contributed by atoms with Crippen LogP contribution in [0.5, 0.6) is 0 Å². The van der Waals surface area contributed by atoms with Crippen LogP contribution in [0.3, 0.4) is 0 Å². The van der Waals surface area contributed by atoms with Gasteiger partial charge in [0.05, 0.1) is 19.3 Å². The highest BCUT2D eigenvalue weighted by atomic mass is 16.5. The van der Waals surface area contributed by atoms with Gasteiger partial charge in [0, 0.05) is 32.0 Å². The van der Waals surface area contributed by atoms with Gasteiger partial charge in [-0.1, -0.05) is 6.42 Å². The van der Waals surface area contributed by atoms with Crippen LogP contribution in [-0.4, -0.2) is 49.5 Å². The molecule has 0 bridgehead atoms. The van der Waals surface area contributed by atoms with Crippen LogP contribution in [0.15, 0.2) is 5.10 Å². The van der Waals surface area contributed by atoms with E-state index >= 15 is 0 Å². The summed E-state index contributed by atoms with van der Waals surface area (Å²) >= 11 is 0. The van der Waals surface area contributed by atoms with Crippen molar-refractivity contribution in [2.45, 2.75) is 64.8 Å². The summed E-state index contributed by atoms with van der Waals surface area (Å²) in [5.74, 6) is 0.133. The van der Waals surface area contributed by atoms with E-state index in [0.717, 1.165) is 32.1 Å². The zero-order valence-electron chi connectivity index (χ0n) is 14.6. The van der Waals surface area contributed by atoms with Crippen LogP contribution >= 0.6 is 0 Å². The summed E-state index contributed by atoms with van der Waals surface area (Å²) in [4.78, 5) is 22.7. The van der Waals surface area contributed by atoms with Crippen molar-refractivity contribution in [1.82, 2.24) is 5.01 Å². The van der Waals surface area contributed by atoms with Gasteiger partial charge in [0.1, 0.15) is 0 Å². The van der Waals surface area contributed by atoms with Gasteiger partial charge in [-0.3, -0.25) is 14.6 Å². The number of hydrogen-bond donors (Lipinski definition) is 0. The van der Waals surface area contributed by atoms with E-state index in [1.165, 1.54) is 0 Å². The second-order valence-corrected chi connectivity index (χ2v) is 5.82. The molecule has 1 rings (SSSR count). The third kappa shape index (κ3) is 7.48. The van der Waals surface area contributed by atoms with E-state index < -0.39 is 0 Å². The van der Waals surface area contributed by atoms with Crippen molar-refractivity contribution in [2.75, 3.05) is 20.3 Å². The Hall–Kier alpha value is -1.59. The predicted octanol–water partition coefficient (Wildman–Crippen LogP) is 2.76. The molecule has 6 heteroatoms. The summed E-state index contributed by atoms with van der Waals surface area (Å²) in [5, 5.41) is 6.38. The molecule has 0 aromatic rings. The van der Waals surface area contributed by atoms with Gasteiger partial charge in [0.15, 0.2) is 0 Å². The minimum absolute atomic E-state index is 0.116. The molecule has 0 spiro atoms. The Kier molecular flexibility index (Phi) is 9.33. The number of unbranched alkanes of at least 4 members (excludes halogenated alkanes) is 1. The van der Waals surface area contributed by atoms with Crippen LogP contribution in [-0.2, 0) is 19.1 Å². The molecular formula is C17H30N2O4. The summed E-state index contributed by atoms with van der Waals surface area (Å²) < 4.78 is 9.88. The molecule has 23 heavy (non-hydrogen) atoms. The lowest BCUT2D eigenvalue weighted by atomic mass is 9.91. The number of rotatable bonds is 11. The fourth-order valence-electron chi connectivity index (χ4n) is 2.89. The highest BCUT2D eigenvalue weighted by Gasteiger charge is 2.27. The number of hydrogen-bond acceptors (Lipinski definition) is 6. The van der Waals surface area contributed by atoms with Crippen molar-refractivity contribution in [3.05, 3.63) is 0 Å². The predicted molar refractivity (Wildman–Crippen MR) is 89.1 cm³/mol. The van der Waals surface area contributed by atoms with Gasteiger partial charge in [-0.25, -0.2) is 0 Å². The standard InChI is InChI=1S/C17H30N2O4/c1-4-22-16(20)11-7-6-10-15-14(13-18-19(15)3)9-8-12-17(21)23-5-2/h13-15H,4-12H2,1-3H3/t14-,15-/m0/s1. The molecule has 0 fully saturated rings. The average Bonchev–Trinajstić information content (AvgIpc) is 2.85. The molecule has 1 heterocycles. The maximum atomic E-state index is 11.4. The largest absolute Gasteiger partial charge is 0.466 e. The topological polar surface area (TPSA) is 68.2 Å². The molecule has 0 saturated heterocycles. The van der Waals surface area contributed by atoms with Crippen LogP contribution in [0.1, 0.15) is 58.8 Å². The Morgan fingerprint density at radius 3 is 2.22 bits per heavy atom. The van der Waals surface area contributed by atoms with E-state index in [-0.39, 0.29) is 11.9 Å². The zero-order chi connectivity index (χ0) is 17.1. The number of hydrazone groups is 1. The molecule has 2 atom stereocenters. The minimum atomic E-state index is -0.123. The van der Waals surface area contributed by atoms with Crippen LogP contribution in [0.4, 0.5) is 0 Å². The maximum absolute atomic E-state index is 11.4. The second kappa shape index (κ2) is 11.0. The Bertz CT molecular complexity index is 398.